The second-order valence-corrected chi connectivity index (χ2v) is 7.77. The lowest BCUT2D eigenvalue weighted by atomic mass is 10.1. The summed E-state index contributed by atoms with van der Waals surface area (Å²) >= 11 is 1.64. The van der Waals surface area contributed by atoms with Crippen LogP contribution in [-0.2, 0) is 4.79 Å². The van der Waals surface area contributed by atoms with E-state index in [2.05, 4.69) is 22.4 Å². The van der Waals surface area contributed by atoms with Gasteiger partial charge in [-0.15, -0.1) is 11.3 Å². The molecule has 142 valence electrons. The Bertz CT molecular complexity index is 1170. The molecule has 0 saturated heterocycles. The maximum atomic E-state index is 12.1. The minimum atomic E-state index is -0.150. The highest BCUT2D eigenvalue weighted by molar-refractivity contribution is 7.17. The molecule has 2 aromatic heterocycles. The summed E-state index contributed by atoms with van der Waals surface area (Å²) in [7, 11) is 0. The molecule has 5 nitrogen and oxygen atoms in total. The number of carbonyl (C=O) groups excluding carboxylic acids is 1. The molecule has 0 unspecified atom stereocenters. The minimum absolute atomic E-state index is 0.150. The number of aromatic nitrogens is 2. The molecule has 6 heteroatoms. The highest BCUT2D eigenvalue weighted by Crippen LogP contribution is 2.22. The maximum absolute atomic E-state index is 12.1. The van der Waals surface area contributed by atoms with Crippen molar-refractivity contribution in [3.05, 3.63) is 71.0 Å². The largest absolute Gasteiger partial charge is 0.492 e. The third-order valence-electron chi connectivity index (χ3n) is 4.45. The summed E-state index contributed by atoms with van der Waals surface area (Å²) in [6.07, 6.45) is 5.38. The Kier molecular flexibility index (Phi) is 5.12. The molecule has 1 amide bonds. The Labute approximate surface area is 167 Å². The van der Waals surface area contributed by atoms with Gasteiger partial charge in [0.2, 0.25) is 5.91 Å². The summed E-state index contributed by atoms with van der Waals surface area (Å²) in [5.74, 6) is 0.650. The zero-order chi connectivity index (χ0) is 19.5. The Morgan fingerprint density at radius 3 is 2.89 bits per heavy atom. The Hall–Kier alpha value is -3.12. The lowest BCUT2D eigenvalue weighted by Crippen LogP contribution is -2.26. The first-order valence-electron chi connectivity index (χ1n) is 9.13. The van der Waals surface area contributed by atoms with Gasteiger partial charge < -0.3 is 10.1 Å². The lowest BCUT2D eigenvalue weighted by Gasteiger charge is -2.07. The zero-order valence-corrected chi connectivity index (χ0v) is 16.6. The van der Waals surface area contributed by atoms with Gasteiger partial charge in [0, 0.05) is 17.2 Å². The van der Waals surface area contributed by atoms with Crippen LogP contribution in [0.4, 0.5) is 0 Å². The van der Waals surface area contributed by atoms with Crippen molar-refractivity contribution in [2.24, 2.45) is 0 Å². The van der Waals surface area contributed by atoms with E-state index in [1.807, 2.05) is 54.8 Å². The van der Waals surface area contributed by atoms with Gasteiger partial charge in [-0.1, -0.05) is 30.3 Å². The number of benzene rings is 2. The number of nitrogens with zero attached hydrogens (tertiary/aromatic N) is 2. The van der Waals surface area contributed by atoms with Crippen LogP contribution in [0.25, 0.3) is 21.8 Å². The molecule has 0 aliphatic heterocycles. The number of nitrogens with one attached hydrogen (secondary N) is 1. The molecule has 1 N–H and O–H groups in total. The Balaban J connectivity index is 1.30. The van der Waals surface area contributed by atoms with Gasteiger partial charge >= 0.3 is 0 Å². The fourth-order valence-corrected chi connectivity index (χ4v) is 3.97. The van der Waals surface area contributed by atoms with E-state index in [-0.39, 0.29) is 5.91 Å². The highest BCUT2D eigenvalue weighted by Gasteiger charge is 2.08. The SMILES string of the molecule is Cc1cn2c(C=CC(=O)NCCOc3ccc4ccccc4c3)c(C)nc2s1. The van der Waals surface area contributed by atoms with E-state index in [9.17, 15) is 4.79 Å². The number of hydrogen-bond donors (Lipinski definition) is 1. The van der Waals surface area contributed by atoms with Crippen molar-refractivity contribution in [2.45, 2.75) is 13.8 Å². The number of imidazole rings is 1. The molecule has 0 radical (unpaired) electrons. The number of amides is 1. The number of rotatable bonds is 6. The first-order chi connectivity index (χ1) is 13.6. The fourth-order valence-electron chi connectivity index (χ4n) is 3.10. The minimum Gasteiger partial charge on any atom is -0.492 e. The van der Waals surface area contributed by atoms with Crippen molar-refractivity contribution < 1.29 is 9.53 Å². The van der Waals surface area contributed by atoms with Crippen molar-refractivity contribution in [2.75, 3.05) is 13.2 Å². The average molecular weight is 391 g/mol. The van der Waals surface area contributed by atoms with Crippen molar-refractivity contribution in [3.8, 4) is 5.75 Å². The summed E-state index contributed by atoms with van der Waals surface area (Å²) in [4.78, 5) is 18.7. The van der Waals surface area contributed by atoms with Crippen LogP contribution < -0.4 is 10.1 Å². The van der Waals surface area contributed by atoms with E-state index >= 15 is 0 Å². The molecule has 0 aliphatic carbocycles. The molecule has 2 aromatic carbocycles. The molecule has 28 heavy (non-hydrogen) atoms. The van der Waals surface area contributed by atoms with Crippen molar-refractivity contribution >= 4 is 39.1 Å². The number of carbonyl (C=O) groups is 1. The molecular weight excluding hydrogens is 370 g/mol. The second kappa shape index (κ2) is 7.86. The molecule has 0 fully saturated rings. The number of hydrogen-bond acceptors (Lipinski definition) is 4. The summed E-state index contributed by atoms with van der Waals surface area (Å²) in [6.45, 7) is 4.85. The first kappa shape index (κ1) is 18.3. The predicted octanol–water partition coefficient (Wildman–Crippen LogP) is 4.37. The summed E-state index contributed by atoms with van der Waals surface area (Å²) in [5, 5.41) is 5.16. The fraction of sp³-hybridized carbons (Fsp3) is 0.182. The highest BCUT2D eigenvalue weighted by atomic mass is 32.1. The number of fused-ring (bicyclic) bond motifs is 2. The van der Waals surface area contributed by atoms with Crippen LogP contribution in [0.1, 0.15) is 16.3 Å². The van der Waals surface area contributed by atoms with Gasteiger partial charge in [0.05, 0.1) is 17.9 Å². The van der Waals surface area contributed by atoms with Gasteiger partial charge in [0.15, 0.2) is 4.96 Å². The van der Waals surface area contributed by atoms with Gasteiger partial charge in [-0.2, -0.15) is 0 Å². The van der Waals surface area contributed by atoms with Gasteiger partial charge in [0.25, 0.3) is 0 Å². The zero-order valence-electron chi connectivity index (χ0n) is 15.8. The molecule has 0 saturated carbocycles. The number of ether oxygens (including phenoxy) is 1. The van der Waals surface area contributed by atoms with Crippen LogP contribution in [0.3, 0.4) is 0 Å². The van der Waals surface area contributed by atoms with Crippen LogP contribution in [0, 0.1) is 13.8 Å². The van der Waals surface area contributed by atoms with E-state index in [0.717, 1.165) is 27.5 Å². The van der Waals surface area contributed by atoms with Gasteiger partial charge in [0.1, 0.15) is 12.4 Å². The topological polar surface area (TPSA) is 55.6 Å². The molecule has 2 heterocycles. The van der Waals surface area contributed by atoms with E-state index in [4.69, 9.17) is 4.74 Å². The molecule has 0 spiro atoms. The smallest absolute Gasteiger partial charge is 0.244 e. The van der Waals surface area contributed by atoms with Crippen molar-refractivity contribution in [1.82, 2.24) is 14.7 Å². The van der Waals surface area contributed by atoms with E-state index in [1.165, 1.54) is 10.3 Å². The number of thiazole rings is 1. The number of aryl methyl sites for hydroxylation is 2. The van der Waals surface area contributed by atoms with Gasteiger partial charge in [-0.3, -0.25) is 9.20 Å². The van der Waals surface area contributed by atoms with Gasteiger partial charge in [-0.25, -0.2) is 4.98 Å². The van der Waals surface area contributed by atoms with Gasteiger partial charge in [-0.05, 0) is 42.8 Å². The van der Waals surface area contributed by atoms with E-state index in [0.29, 0.717) is 13.2 Å². The standard InChI is InChI=1S/C22H21N3O2S/c1-15-14-25-20(16(2)24-22(25)28-15)9-10-21(26)23-11-12-27-19-8-7-17-5-3-4-6-18(17)13-19/h3-10,13-14H,11-12H2,1-2H3,(H,23,26). The molecule has 0 aliphatic rings. The summed E-state index contributed by atoms with van der Waals surface area (Å²) in [6, 6.07) is 14.1. The summed E-state index contributed by atoms with van der Waals surface area (Å²) < 4.78 is 7.76. The van der Waals surface area contributed by atoms with Crippen LogP contribution in [0.2, 0.25) is 0 Å². The quantitative estimate of drug-likeness (QED) is 0.392. The molecule has 0 bridgehead atoms. The van der Waals surface area contributed by atoms with Crippen molar-refractivity contribution in [1.29, 1.82) is 0 Å². The van der Waals surface area contributed by atoms with Crippen LogP contribution in [0.5, 0.6) is 5.75 Å². The van der Waals surface area contributed by atoms with Crippen molar-refractivity contribution in [3.63, 3.8) is 0 Å². The third-order valence-corrected chi connectivity index (χ3v) is 5.34. The lowest BCUT2D eigenvalue weighted by molar-refractivity contribution is -0.116. The second-order valence-electron chi connectivity index (χ2n) is 6.56. The predicted molar refractivity (Wildman–Crippen MR) is 114 cm³/mol. The van der Waals surface area contributed by atoms with E-state index < -0.39 is 0 Å². The average Bonchev–Trinajstić information content (AvgIpc) is 3.18. The monoisotopic (exact) mass is 391 g/mol. The molecule has 0 atom stereocenters. The Morgan fingerprint density at radius 1 is 1.21 bits per heavy atom. The molecule has 4 rings (SSSR count). The maximum Gasteiger partial charge on any atom is 0.244 e. The van der Waals surface area contributed by atoms with Crippen LogP contribution in [-0.4, -0.2) is 28.4 Å². The third kappa shape index (κ3) is 3.92. The normalized spacial score (nSPS) is 11.5. The summed E-state index contributed by atoms with van der Waals surface area (Å²) in [5.41, 5.74) is 1.84. The Morgan fingerprint density at radius 2 is 2.04 bits per heavy atom. The molecule has 4 aromatic rings. The molecular formula is C22H21N3O2S. The van der Waals surface area contributed by atoms with Crippen LogP contribution >= 0.6 is 11.3 Å². The van der Waals surface area contributed by atoms with E-state index in [1.54, 1.807) is 23.5 Å². The van der Waals surface area contributed by atoms with Crippen LogP contribution in [0.15, 0.2) is 54.7 Å². The first-order valence-corrected chi connectivity index (χ1v) is 9.94.